The van der Waals surface area contributed by atoms with Crippen LogP contribution in [-0.4, -0.2) is 54.3 Å². The Morgan fingerprint density at radius 3 is 2.50 bits per heavy atom. The molecule has 0 amide bonds. The molecule has 1 atom stereocenters. The van der Waals surface area contributed by atoms with Gasteiger partial charge in [-0.05, 0) is 18.8 Å². The lowest BCUT2D eigenvalue weighted by Crippen LogP contribution is -2.52. The third-order valence-corrected chi connectivity index (χ3v) is 4.24. The number of rotatable bonds is 3. The predicted octanol–water partition coefficient (Wildman–Crippen LogP) is 2.16. The van der Waals surface area contributed by atoms with Crippen molar-refractivity contribution < 1.29 is 4.79 Å². The van der Waals surface area contributed by atoms with Crippen LogP contribution in [-0.2, 0) is 4.79 Å². The lowest BCUT2D eigenvalue weighted by molar-refractivity contribution is -0.125. The largest absolute Gasteiger partial charge is 0.301 e. The molecule has 1 unspecified atom stereocenters. The number of piperazine rings is 1. The molecule has 3 nitrogen and oxygen atoms in total. The normalized spacial score (nSPS) is 28.6. The summed E-state index contributed by atoms with van der Waals surface area (Å²) in [6.45, 7) is 10.2. The van der Waals surface area contributed by atoms with E-state index in [2.05, 4.69) is 23.6 Å². The first-order chi connectivity index (χ1) is 8.66. The molecule has 1 saturated carbocycles. The van der Waals surface area contributed by atoms with Crippen LogP contribution in [0.15, 0.2) is 0 Å². The number of nitrogens with zero attached hydrogens (tertiary/aromatic N) is 2. The number of ketones is 1. The van der Waals surface area contributed by atoms with Crippen molar-refractivity contribution in [2.24, 2.45) is 5.92 Å². The van der Waals surface area contributed by atoms with E-state index in [1.807, 2.05) is 0 Å². The Morgan fingerprint density at radius 1 is 1.11 bits per heavy atom. The van der Waals surface area contributed by atoms with Gasteiger partial charge in [0.05, 0.1) is 6.04 Å². The van der Waals surface area contributed by atoms with Crippen molar-refractivity contribution in [2.75, 3.05) is 32.7 Å². The molecule has 0 aromatic carbocycles. The monoisotopic (exact) mass is 252 g/mol. The molecule has 2 aliphatic rings. The van der Waals surface area contributed by atoms with Gasteiger partial charge in [0.1, 0.15) is 5.78 Å². The van der Waals surface area contributed by atoms with Crippen molar-refractivity contribution in [3.8, 4) is 0 Å². The maximum Gasteiger partial charge on any atom is 0.149 e. The van der Waals surface area contributed by atoms with E-state index in [1.54, 1.807) is 0 Å². The summed E-state index contributed by atoms with van der Waals surface area (Å²) >= 11 is 0. The zero-order valence-corrected chi connectivity index (χ0v) is 12.0. The predicted molar refractivity (Wildman–Crippen MR) is 74.7 cm³/mol. The van der Waals surface area contributed by atoms with Crippen LogP contribution >= 0.6 is 0 Å². The molecule has 0 aromatic heterocycles. The summed E-state index contributed by atoms with van der Waals surface area (Å²) in [5.74, 6) is 1.25. The van der Waals surface area contributed by atoms with Gasteiger partial charge in [-0.1, -0.05) is 26.7 Å². The van der Waals surface area contributed by atoms with Crippen LogP contribution < -0.4 is 0 Å². The minimum Gasteiger partial charge on any atom is -0.301 e. The smallest absolute Gasteiger partial charge is 0.149 e. The van der Waals surface area contributed by atoms with Crippen LogP contribution in [0.2, 0.25) is 0 Å². The van der Waals surface area contributed by atoms with Crippen molar-refractivity contribution in [1.29, 1.82) is 0 Å². The van der Waals surface area contributed by atoms with Gasteiger partial charge in [-0.25, -0.2) is 0 Å². The van der Waals surface area contributed by atoms with Crippen LogP contribution in [0, 0.1) is 5.92 Å². The SMILES string of the molecule is CC(C)CN1CCN(C2CCCCCC2=O)CC1. The number of carbonyl (C=O) groups excluding carboxylic acids is 1. The Kier molecular flexibility index (Phi) is 5.19. The second-order valence-electron chi connectivity index (χ2n) is 6.31. The molecule has 3 heteroatoms. The molecule has 1 heterocycles. The highest BCUT2D eigenvalue weighted by Crippen LogP contribution is 2.20. The van der Waals surface area contributed by atoms with Gasteiger partial charge in [0, 0.05) is 39.1 Å². The second-order valence-corrected chi connectivity index (χ2v) is 6.31. The summed E-state index contributed by atoms with van der Waals surface area (Å²) in [7, 11) is 0. The maximum absolute atomic E-state index is 12.1. The van der Waals surface area contributed by atoms with E-state index >= 15 is 0 Å². The van der Waals surface area contributed by atoms with Crippen molar-refractivity contribution in [3.05, 3.63) is 0 Å². The summed E-state index contributed by atoms with van der Waals surface area (Å²) in [6, 6.07) is 0.244. The Bertz CT molecular complexity index is 270. The lowest BCUT2D eigenvalue weighted by atomic mass is 10.0. The maximum atomic E-state index is 12.1. The minimum atomic E-state index is 0.244. The van der Waals surface area contributed by atoms with E-state index in [9.17, 15) is 4.79 Å². The Hall–Kier alpha value is -0.410. The highest BCUT2D eigenvalue weighted by Gasteiger charge is 2.29. The van der Waals surface area contributed by atoms with Crippen LogP contribution in [0.1, 0.15) is 46.0 Å². The molecular weight excluding hydrogens is 224 g/mol. The first kappa shape index (κ1) is 14.0. The number of Topliss-reactive ketones (excluding diaryl/α,β-unsaturated/α-hetero) is 1. The third-order valence-electron chi connectivity index (χ3n) is 4.24. The zero-order valence-electron chi connectivity index (χ0n) is 12.0. The Morgan fingerprint density at radius 2 is 1.83 bits per heavy atom. The molecule has 2 rings (SSSR count). The first-order valence-corrected chi connectivity index (χ1v) is 7.66. The van der Waals surface area contributed by atoms with Crippen LogP contribution in [0.4, 0.5) is 0 Å². The summed E-state index contributed by atoms with van der Waals surface area (Å²) in [5, 5.41) is 0. The van der Waals surface area contributed by atoms with E-state index in [-0.39, 0.29) is 6.04 Å². The zero-order chi connectivity index (χ0) is 13.0. The van der Waals surface area contributed by atoms with Crippen molar-refractivity contribution in [3.63, 3.8) is 0 Å². The van der Waals surface area contributed by atoms with Crippen molar-refractivity contribution >= 4 is 5.78 Å². The molecule has 1 saturated heterocycles. The molecule has 0 bridgehead atoms. The second kappa shape index (κ2) is 6.67. The average molecular weight is 252 g/mol. The molecule has 0 N–H and O–H groups in total. The standard InChI is InChI=1S/C15H28N2O/c1-13(2)12-16-8-10-17(11-9-16)14-6-4-3-5-7-15(14)18/h13-14H,3-12H2,1-2H3. The van der Waals surface area contributed by atoms with Crippen LogP contribution in [0.25, 0.3) is 0 Å². The highest BCUT2D eigenvalue weighted by molar-refractivity contribution is 5.84. The van der Waals surface area contributed by atoms with Crippen LogP contribution in [0.5, 0.6) is 0 Å². The van der Waals surface area contributed by atoms with Gasteiger partial charge < -0.3 is 4.90 Å². The quantitative estimate of drug-likeness (QED) is 0.719. The van der Waals surface area contributed by atoms with Crippen molar-refractivity contribution in [1.82, 2.24) is 9.80 Å². The topological polar surface area (TPSA) is 23.6 Å². The fraction of sp³-hybridized carbons (Fsp3) is 0.933. The van der Waals surface area contributed by atoms with E-state index in [0.29, 0.717) is 5.78 Å². The van der Waals surface area contributed by atoms with Gasteiger partial charge in [0.15, 0.2) is 0 Å². The molecular formula is C15H28N2O. The summed E-state index contributed by atoms with van der Waals surface area (Å²) in [5.41, 5.74) is 0. The Labute approximate surface area is 112 Å². The van der Waals surface area contributed by atoms with Gasteiger partial charge in [-0.2, -0.15) is 0 Å². The molecule has 0 radical (unpaired) electrons. The van der Waals surface area contributed by atoms with E-state index in [0.717, 1.165) is 51.4 Å². The van der Waals surface area contributed by atoms with E-state index in [4.69, 9.17) is 0 Å². The highest BCUT2D eigenvalue weighted by atomic mass is 16.1. The molecule has 0 spiro atoms. The molecule has 1 aliphatic heterocycles. The Balaban J connectivity index is 1.82. The summed E-state index contributed by atoms with van der Waals surface area (Å²) in [4.78, 5) is 17.1. The average Bonchev–Trinajstić information content (AvgIpc) is 2.54. The van der Waals surface area contributed by atoms with Gasteiger partial charge in [0.2, 0.25) is 0 Å². The van der Waals surface area contributed by atoms with E-state index < -0.39 is 0 Å². The number of hydrogen-bond acceptors (Lipinski definition) is 3. The van der Waals surface area contributed by atoms with Gasteiger partial charge in [-0.3, -0.25) is 9.69 Å². The molecule has 104 valence electrons. The molecule has 0 aromatic rings. The van der Waals surface area contributed by atoms with Gasteiger partial charge >= 0.3 is 0 Å². The summed E-state index contributed by atoms with van der Waals surface area (Å²) in [6.07, 6.45) is 5.51. The van der Waals surface area contributed by atoms with Gasteiger partial charge in [-0.15, -0.1) is 0 Å². The van der Waals surface area contributed by atoms with Crippen molar-refractivity contribution in [2.45, 2.75) is 52.0 Å². The van der Waals surface area contributed by atoms with E-state index in [1.165, 1.54) is 19.4 Å². The molecule has 18 heavy (non-hydrogen) atoms. The van der Waals surface area contributed by atoms with Crippen LogP contribution in [0.3, 0.4) is 0 Å². The minimum absolute atomic E-state index is 0.244. The summed E-state index contributed by atoms with van der Waals surface area (Å²) < 4.78 is 0. The number of hydrogen-bond donors (Lipinski definition) is 0. The molecule has 2 fully saturated rings. The fourth-order valence-electron chi connectivity index (χ4n) is 3.30. The number of carbonyl (C=O) groups is 1. The lowest BCUT2D eigenvalue weighted by Gasteiger charge is -2.39. The van der Waals surface area contributed by atoms with Gasteiger partial charge in [0.25, 0.3) is 0 Å². The third kappa shape index (κ3) is 3.79. The fourth-order valence-corrected chi connectivity index (χ4v) is 3.30. The first-order valence-electron chi connectivity index (χ1n) is 7.66. The molecule has 1 aliphatic carbocycles.